The molecule has 0 heterocycles. The van der Waals surface area contributed by atoms with E-state index in [0.717, 1.165) is 57.8 Å². The van der Waals surface area contributed by atoms with Gasteiger partial charge in [0, 0.05) is 12.3 Å². The van der Waals surface area contributed by atoms with Gasteiger partial charge in [-0.2, -0.15) is 0 Å². The van der Waals surface area contributed by atoms with Crippen LogP contribution in [0.3, 0.4) is 0 Å². The second-order valence-corrected chi connectivity index (χ2v) is 16.5. The van der Waals surface area contributed by atoms with Gasteiger partial charge in [-0.05, 0) is 104 Å². The Labute approximate surface area is 259 Å². The summed E-state index contributed by atoms with van der Waals surface area (Å²) in [6, 6.07) is -1.04. The molecule has 43 heavy (non-hydrogen) atoms. The van der Waals surface area contributed by atoms with Crippen LogP contribution in [0.15, 0.2) is 11.6 Å². The molecule has 5 aliphatic carbocycles. The molecule has 0 aromatic carbocycles. The molecule has 0 bridgehead atoms. The number of aliphatic hydroxyl groups is 1. The van der Waals surface area contributed by atoms with Gasteiger partial charge in [0.05, 0.1) is 19.1 Å². The molecule has 0 saturated heterocycles. The number of hydrogen-bond donors (Lipinski definition) is 2. The summed E-state index contributed by atoms with van der Waals surface area (Å²) in [6.07, 6.45) is 11.3. The van der Waals surface area contributed by atoms with Crippen LogP contribution in [0, 0.1) is 56.7 Å². The van der Waals surface area contributed by atoms with E-state index in [0.29, 0.717) is 23.7 Å². The maximum Gasteiger partial charge on any atom is 0.330 e. The summed E-state index contributed by atoms with van der Waals surface area (Å²) in [7, 11) is 1.29. The topological polar surface area (TPSA) is 102 Å². The van der Waals surface area contributed by atoms with E-state index < -0.39 is 24.0 Å². The number of esters is 2. The molecule has 5 aliphatic rings. The number of rotatable bonds is 5. The number of carbonyl (C=O) groups excluding carboxylic acids is 3. The predicted molar refractivity (Wildman–Crippen MR) is 166 cm³/mol. The fourth-order valence-corrected chi connectivity index (χ4v) is 11.9. The number of hydrogen-bond acceptors (Lipinski definition) is 6. The standard InChI is InChI=1S/C36H57NO6/c1-21-12-17-36(31(41)37-25(20-38)30(40)42-9)19-18-34(7)24(29(36)22(21)2)10-11-27-33(6)15-14-28(43-23(3)39)32(4,5)26(33)13-16-35(27,34)8/h10,21-22,25-29,38H,11-20H2,1-9H3,(H,37,41)/t21-,22+,25?,26+,27-,28+,29+,33+,34-,35-,36+/m1/s1. The smallest absolute Gasteiger partial charge is 0.330 e. The van der Waals surface area contributed by atoms with Crippen molar-refractivity contribution >= 4 is 17.8 Å². The summed E-state index contributed by atoms with van der Waals surface area (Å²) in [5.41, 5.74) is 1.01. The first-order chi connectivity index (χ1) is 20.0. The quantitative estimate of drug-likeness (QED) is 0.287. The van der Waals surface area contributed by atoms with Gasteiger partial charge >= 0.3 is 11.9 Å². The Morgan fingerprint density at radius 3 is 2.30 bits per heavy atom. The average molecular weight is 600 g/mol. The second-order valence-electron chi connectivity index (χ2n) is 16.5. The van der Waals surface area contributed by atoms with Crippen LogP contribution in [0.5, 0.6) is 0 Å². The lowest BCUT2D eigenvalue weighted by Gasteiger charge is -2.71. The number of nitrogens with one attached hydrogen (secondary N) is 1. The summed E-state index contributed by atoms with van der Waals surface area (Å²) in [6.45, 7) is 18.0. The van der Waals surface area contributed by atoms with Crippen LogP contribution in [0.1, 0.15) is 113 Å². The number of carbonyl (C=O) groups is 3. The van der Waals surface area contributed by atoms with Crippen LogP contribution in [0.2, 0.25) is 0 Å². The molecule has 7 heteroatoms. The highest BCUT2D eigenvalue weighted by Gasteiger charge is 2.69. The van der Waals surface area contributed by atoms with Gasteiger partial charge in [0.2, 0.25) is 5.91 Å². The lowest BCUT2D eigenvalue weighted by atomic mass is 9.33. The Morgan fingerprint density at radius 2 is 1.67 bits per heavy atom. The van der Waals surface area contributed by atoms with Crippen molar-refractivity contribution in [1.82, 2.24) is 5.32 Å². The first kappa shape index (κ1) is 32.5. The van der Waals surface area contributed by atoms with E-state index in [1.54, 1.807) is 0 Å². The van der Waals surface area contributed by atoms with E-state index in [4.69, 9.17) is 9.47 Å². The molecule has 11 atom stereocenters. The van der Waals surface area contributed by atoms with Crippen LogP contribution >= 0.6 is 0 Å². The van der Waals surface area contributed by atoms with Gasteiger partial charge in [0.1, 0.15) is 6.10 Å². The fourth-order valence-electron chi connectivity index (χ4n) is 11.9. The number of allylic oxidation sites excluding steroid dienone is 2. The van der Waals surface area contributed by atoms with Crippen LogP contribution in [-0.2, 0) is 23.9 Å². The number of methoxy groups -OCH3 is 1. The van der Waals surface area contributed by atoms with Crippen molar-refractivity contribution in [3.63, 3.8) is 0 Å². The highest BCUT2D eigenvalue weighted by Crippen LogP contribution is 2.75. The molecule has 1 amide bonds. The highest BCUT2D eigenvalue weighted by molar-refractivity contribution is 5.89. The largest absolute Gasteiger partial charge is 0.467 e. The van der Waals surface area contributed by atoms with Gasteiger partial charge in [0.15, 0.2) is 6.04 Å². The molecule has 4 fully saturated rings. The molecule has 2 N–H and O–H groups in total. The van der Waals surface area contributed by atoms with E-state index in [-0.39, 0.29) is 45.6 Å². The fraction of sp³-hybridized carbons (Fsp3) is 0.861. The Kier molecular flexibility index (Phi) is 8.22. The summed E-state index contributed by atoms with van der Waals surface area (Å²) in [4.78, 5) is 38.6. The van der Waals surface area contributed by atoms with Gasteiger partial charge in [0.25, 0.3) is 0 Å². The number of ether oxygens (including phenoxy) is 2. The zero-order chi connectivity index (χ0) is 31.8. The molecule has 0 aromatic heterocycles. The van der Waals surface area contributed by atoms with Gasteiger partial charge in [-0.3, -0.25) is 9.59 Å². The van der Waals surface area contributed by atoms with Gasteiger partial charge in [-0.25, -0.2) is 4.79 Å². The van der Waals surface area contributed by atoms with E-state index in [9.17, 15) is 19.5 Å². The SMILES string of the molecule is COC(=O)C(CO)NC(=O)[C@]12CC[C@@H](C)[C@H](C)[C@H]1C1=CC[C@@H]3[C@@]4(C)CC[C@H](OC(C)=O)C(C)(C)[C@@H]4CC[C@@]3(C)[C@]1(C)CC2. The minimum absolute atomic E-state index is 0.0285. The summed E-state index contributed by atoms with van der Waals surface area (Å²) < 4.78 is 10.8. The monoisotopic (exact) mass is 599 g/mol. The van der Waals surface area contributed by atoms with Gasteiger partial charge < -0.3 is 19.9 Å². The maximum atomic E-state index is 14.3. The van der Waals surface area contributed by atoms with Crippen molar-refractivity contribution in [2.45, 2.75) is 125 Å². The lowest BCUT2D eigenvalue weighted by Crippen LogP contribution is -2.66. The van der Waals surface area contributed by atoms with Crippen molar-refractivity contribution < 1.29 is 29.0 Å². The molecule has 5 rings (SSSR count). The van der Waals surface area contributed by atoms with Crippen LogP contribution in [-0.4, -0.2) is 48.8 Å². The third-order valence-electron chi connectivity index (χ3n) is 14.7. The van der Waals surface area contributed by atoms with Crippen molar-refractivity contribution in [1.29, 1.82) is 0 Å². The first-order valence-corrected chi connectivity index (χ1v) is 16.9. The van der Waals surface area contributed by atoms with Crippen LogP contribution < -0.4 is 5.32 Å². The Balaban J connectivity index is 1.53. The molecule has 0 aliphatic heterocycles. The van der Waals surface area contributed by atoms with Crippen molar-refractivity contribution in [3.8, 4) is 0 Å². The average Bonchev–Trinajstić information content (AvgIpc) is 2.94. The Hall–Kier alpha value is -1.89. The normalized spacial score (nSPS) is 45.6. The van der Waals surface area contributed by atoms with Crippen molar-refractivity contribution in [2.75, 3.05) is 13.7 Å². The van der Waals surface area contributed by atoms with Crippen molar-refractivity contribution in [2.24, 2.45) is 56.7 Å². The van der Waals surface area contributed by atoms with Gasteiger partial charge in [-0.15, -0.1) is 0 Å². The summed E-state index contributed by atoms with van der Waals surface area (Å²) >= 11 is 0. The Bertz CT molecular complexity index is 1180. The number of amides is 1. The first-order valence-electron chi connectivity index (χ1n) is 16.9. The minimum Gasteiger partial charge on any atom is -0.467 e. The predicted octanol–water partition coefficient (Wildman–Crippen LogP) is 6.23. The lowest BCUT2D eigenvalue weighted by molar-refractivity contribution is -0.212. The molecule has 0 aromatic rings. The molecule has 7 nitrogen and oxygen atoms in total. The molecule has 0 spiro atoms. The summed E-state index contributed by atoms with van der Waals surface area (Å²) in [5.74, 6) is 1.04. The summed E-state index contributed by atoms with van der Waals surface area (Å²) in [5, 5.41) is 12.8. The Morgan fingerprint density at radius 1 is 0.977 bits per heavy atom. The highest BCUT2D eigenvalue weighted by atomic mass is 16.5. The van der Waals surface area contributed by atoms with Crippen LogP contribution in [0.4, 0.5) is 0 Å². The second kappa shape index (κ2) is 10.9. The minimum atomic E-state index is -1.04. The molecule has 1 unspecified atom stereocenters. The van der Waals surface area contributed by atoms with Crippen LogP contribution in [0.25, 0.3) is 0 Å². The third-order valence-corrected chi connectivity index (χ3v) is 14.7. The maximum absolute atomic E-state index is 14.3. The molecule has 4 saturated carbocycles. The molecular weight excluding hydrogens is 542 g/mol. The van der Waals surface area contributed by atoms with E-state index in [1.165, 1.54) is 19.6 Å². The zero-order valence-electron chi connectivity index (χ0n) is 28.2. The van der Waals surface area contributed by atoms with Gasteiger partial charge in [-0.1, -0.05) is 60.1 Å². The molecule has 242 valence electrons. The number of aliphatic hydroxyl groups excluding tert-OH is 1. The molecule has 0 radical (unpaired) electrons. The molecular formula is C36H57NO6. The van der Waals surface area contributed by atoms with Crippen molar-refractivity contribution in [3.05, 3.63) is 11.6 Å². The zero-order valence-corrected chi connectivity index (χ0v) is 28.2. The van der Waals surface area contributed by atoms with E-state index >= 15 is 0 Å². The third kappa shape index (κ3) is 4.55. The number of fused-ring (bicyclic) bond motifs is 7. The van der Waals surface area contributed by atoms with E-state index in [2.05, 4.69) is 59.9 Å². The van der Waals surface area contributed by atoms with E-state index in [1.807, 2.05) is 0 Å².